The minimum absolute atomic E-state index is 0.0590. The molecule has 2 fully saturated rings. The van der Waals surface area contributed by atoms with E-state index in [1.165, 1.54) is 25.7 Å². The summed E-state index contributed by atoms with van der Waals surface area (Å²) in [4.78, 5) is 24.7. The number of carbonyl (C=O) groups excluding carboxylic acids is 2. The van der Waals surface area contributed by atoms with Crippen LogP contribution < -0.4 is 5.32 Å². The maximum atomic E-state index is 12.6. The summed E-state index contributed by atoms with van der Waals surface area (Å²) in [7, 11) is 0. The highest BCUT2D eigenvalue weighted by Gasteiger charge is 2.40. The number of ether oxygens (including phenoxy) is 1. The van der Waals surface area contributed by atoms with Crippen LogP contribution >= 0.6 is 0 Å². The summed E-state index contributed by atoms with van der Waals surface area (Å²) in [5.41, 5.74) is 0.949. The molecule has 1 aromatic rings. The highest BCUT2D eigenvalue weighted by atomic mass is 16.5. The fraction of sp³-hybridized carbons (Fsp3) is 0.619. The first-order valence-electron chi connectivity index (χ1n) is 9.55. The number of fused-ring (bicyclic) bond motifs is 2. The first kappa shape index (κ1) is 18.0. The van der Waals surface area contributed by atoms with Crippen LogP contribution in [0.3, 0.4) is 0 Å². The van der Waals surface area contributed by atoms with E-state index in [9.17, 15) is 9.59 Å². The molecule has 1 aromatic carbocycles. The molecule has 2 bridgehead atoms. The standard InChI is InChI=1S/C21H29NO3/c1-14(2)25-21(24)13-19(16-6-4-3-5-7-16)22-20(23)12-18-11-15-8-9-17(18)10-15/h3-7,14-15,17-19H,8-13H2,1-2H3,(H,22,23). The molecule has 0 spiro atoms. The van der Waals surface area contributed by atoms with E-state index in [4.69, 9.17) is 4.74 Å². The van der Waals surface area contributed by atoms with E-state index in [2.05, 4.69) is 5.32 Å². The molecule has 2 aliphatic rings. The van der Waals surface area contributed by atoms with Crippen LogP contribution in [0.15, 0.2) is 30.3 Å². The van der Waals surface area contributed by atoms with Gasteiger partial charge in [0.15, 0.2) is 0 Å². The predicted octanol–water partition coefficient (Wildman–Crippen LogP) is 4.01. The van der Waals surface area contributed by atoms with Crippen LogP contribution in [-0.4, -0.2) is 18.0 Å². The zero-order valence-corrected chi connectivity index (χ0v) is 15.2. The van der Waals surface area contributed by atoms with Gasteiger partial charge in [-0.3, -0.25) is 9.59 Å². The number of carbonyl (C=O) groups is 2. The maximum Gasteiger partial charge on any atom is 0.308 e. The minimum Gasteiger partial charge on any atom is -0.463 e. The van der Waals surface area contributed by atoms with Crippen LogP contribution in [0.25, 0.3) is 0 Å². The van der Waals surface area contributed by atoms with Crippen molar-refractivity contribution in [1.82, 2.24) is 5.32 Å². The molecular weight excluding hydrogens is 314 g/mol. The smallest absolute Gasteiger partial charge is 0.308 e. The lowest BCUT2D eigenvalue weighted by atomic mass is 9.86. The first-order valence-corrected chi connectivity index (χ1v) is 9.55. The second-order valence-electron chi connectivity index (χ2n) is 7.91. The Morgan fingerprint density at radius 2 is 1.92 bits per heavy atom. The van der Waals surface area contributed by atoms with Crippen LogP contribution in [0.1, 0.15) is 64.0 Å². The summed E-state index contributed by atoms with van der Waals surface area (Å²) in [6.07, 6.45) is 5.74. The van der Waals surface area contributed by atoms with Crippen LogP contribution in [-0.2, 0) is 14.3 Å². The van der Waals surface area contributed by atoms with Crippen LogP contribution in [0.4, 0.5) is 0 Å². The zero-order chi connectivity index (χ0) is 17.8. The van der Waals surface area contributed by atoms with Gasteiger partial charge in [0.2, 0.25) is 5.91 Å². The molecule has 25 heavy (non-hydrogen) atoms. The average molecular weight is 343 g/mol. The molecular formula is C21H29NO3. The number of rotatable bonds is 7. The molecule has 2 aliphatic carbocycles. The summed E-state index contributed by atoms with van der Waals surface area (Å²) in [6, 6.07) is 9.37. The van der Waals surface area contributed by atoms with Gasteiger partial charge in [-0.25, -0.2) is 0 Å². The molecule has 0 aromatic heterocycles. The molecule has 0 saturated heterocycles. The fourth-order valence-corrected chi connectivity index (χ4v) is 4.53. The Kier molecular flexibility index (Phi) is 5.77. The molecule has 136 valence electrons. The van der Waals surface area contributed by atoms with Crippen LogP contribution in [0.5, 0.6) is 0 Å². The van der Waals surface area contributed by atoms with Crippen molar-refractivity contribution in [2.24, 2.45) is 17.8 Å². The van der Waals surface area contributed by atoms with Crippen molar-refractivity contribution >= 4 is 11.9 Å². The van der Waals surface area contributed by atoms with Crippen molar-refractivity contribution in [3.63, 3.8) is 0 Å². The topological polar surface area (TPSA) is 55.4 Å². The molecule has 4 unspecified atom stereocenters. The second kappa shape index (κ2) is 8.03. The average Bonchev–Trinajstić information content (AvgIpc) is 3.17. The largest absolute Gasteiger partial charge is 0.463 e. The van der Waals surface area contributed by atoms with E-state index in [0.29, 0.717) is 12.3 Å². The van der Waals surface area contributed by atoms with Gasteiger partial charge in [0.05, 0.1) is 18.6 Å². The minimum atomic E-state index is -0.321. The van der Waals surface area contributed by atoms with Gasteiger partial charge < -0.3 is 10.1 Å². The summed E-state index contributed by atoms with van der Waals surface area (Å²) in [6.45, 7) is 3.67. The van der Waals surface area contributed by atoms with Crippen molar-refractivity contribution in [2.75, 3.05) is 0 Å². The summed E-state index contributed by atoms with van der Waals surface area (Å²) in [5.74, 6) is 1.89. The Hall–Kier alpha value is -1.84. The summed E-state index contributed by atoms with van der Waals surface area (Å²) >= 11 is 0. The highest BCUT2D eigenvalue weighted by molar-refractivity contribution is 5.78. The molecule has 4 heteroatoms. The Labute approximate surface area is 150 Å². The predicted molar refractivity (Wildman–Crippen MR) is 96.7 cm³/mol. The van der Waals surface area contributed by atoms with Crippen molar-refractivity contribution in [1.29, 1.82) is 0 Å². The van der Waals surface area contributed by atoms with Gasteiger partial charge in [-0.05, 0) is 56.4 Å². The third-order valence-electron chi connectivity index (χ3n) is 5.61. The van der Waals surface area contributed by atoms with Crippen molar-refractivity contribution in [3.05, 3.63) is 35.9 Å². The van der Waals surface area contributed by atoms with Gasteiger partial charge >= 0.3 is 5.97 Å². The van der Waals surface area contributed by atoms with Crippen molar-refractivity contribution in [2.45, 2.75) is 64.5 Å². The van der Waals surface area contributed by atoms with Gasteiger partial charge in [-0.1, -0.05) is 36.8 Å². The van der Waals surface area contributed by atoms with Gasteiger partial charge in [0, 0.05) is 6.42 Å². The van der Waals surface area contributed by atoms with Gasteiger partial charge in [0.1, 0.15) is 0 Å². The molecule has 3 rings (SSSR count). The maximum absolute atomic E-state index is 12.6. The number of hydrogen-bond donors (Lipinski definition) is 1. The number of benzene rings is 1. The molecule has 1 amide bonds. The normalized spacial score (nSPS) is 25.8. The van der Waals surface area contributed by atoms with Crippen molar-refractivity contribution in [3.8, 4) is 0 Å². The Balaban J connectivity index is 1.60. The summed E-state index contributed by atoms with van der Waals surface area (Å²) in [5, 5.41) is 3.08. The lowest BCUT2D eigenvalue weighted by molar-refractivity contribution is -0.148. The first-order chi connectivity index (χ1) is 12.0. The molecule has 4 nitrogen and oxygen atoms in total. The van der Waals surface area contributed by atoms with Crippen LogP contribution in [0.2, 0.25) is 0 Å². The van der Waals surface area contributed by atoms with E-state index >= 15 is 0 Å². The number of esters is 1. The van der Waals surface area contributed by atoms with E-state index < -0.39 is 0 Å². The van der Waals surface area contributed by atoms with E-state index in [1.807, 2.05) is 44.2 Å². The fourth-order valence-electron chi connectivity index (χ4n) is 4.53. The quantitative estimate of drug-likeness (QED) is 0.761. The monoisotopic (exact) mass is 343 g/mol. The van der Waals surface area contributed by atoms with E-state index in [1.54, 1.807) is 0 Å². The number of amides is 1. The lowest BCUT2D eigenvalue weighted by Gasteiger charge is -2.24. The summed E-state index contributed by atoms with van der Waals surface area (Å²) < 4.78 is 5.27. The molecule has 1 N–H and O–H groups in total. The molecule has 0 radical (unpaired) electrons. The molecule has 4 atom stereocenters. The molecule has 0 heterocycles. The van der Waals surface area contributed by atoms with Gasteiger partial charge in [-0.15, -0.1) is 0 Å². The second-order valence-corrected chi connectivity index (χ2v) is 7.91. The van der Waals surface area contributed by atoms with Gasteiger partial charge in [0.25, 0.3) is 0 Å². The molecule has 0 aliphatic heterocycles. The van der Waals surface area contributed by atoms with E-state index in [-0.39, 0.29) is 30.4 Å². The third-order valence-corrected chi connectivity index (χ3v) is 5.61. The number of hydrogen-bond acceptors (Lipinski definition) is 3. The molecule has 2 saturated carbocycles. The lowest BCUT2D eigenvalue weighted by Crippen LogP contribution is -2.33. The van der Waals surface area contributed by atoms with Gasteiger partial charge in [-0.2, -0.15) is 0 Å². The Morgan fingerprint density at radius 1 is 1.16 bits per heavy atom. The van der Waals surface area contributed by atoms with Crippen LogP contribution in [0, 0.1) is 17.8 Å². The Morgan fingerprint density at radius 3 is 2.52 bits per heavy atom. The number of nitrogens with one attached hydrogen (secondary N) is 1. The zero-order valence-electron chi connectivity index (χ0n) is 15.2. The SMILES string of the molecule is CC(C)OC(=O)CC(NC(=O)CC1CC2CCC1C2)c1ccccc1. The highest BCUT2D eigenvalue weighted by Crippen LogP contribution is 2.49. The van der Waals surface area contributed by atoms with Crippen molar-refractivity contribution < 1.29 is 14.3 Å². The van der Waals surface area contributed by atoms with E-state index in [0.717, 1.165) is 17.4 Å². The Bertz CT molecular complexity index is 598. The third kappa shape index (κ3) is 4.83.